The van der Waals surface area contributed by atoms with Crippen LogP contribution in [0.15, 0.2) is 0 Å². The summed E-state index contributed by atoms with van der Waals surface area (Å²) in [5, 5.41) is 3.44. The Morgan fingerprint density at radius 2 is 1.88 bits per heavy atom. The van der Waals surface area contributed by atoms with Gasteiger partial charge in [-0.05, 0) is 25.8 Å². The number of rotatable bonds is 6. The van der Waals surface area contributed by atoms with Crippen LogP contribution in [0.3, 0.4) is 0 Å². The third-order valence-electron chi connectivity index (χ3n) is 3.30. The molecule has 102 valence electrons. The molecule has 17 heavy (non-hydrogen) atoms. The maximum Gasteiger partial charge on any atom is 0.261 e. The minimum atomic E-state index is -2.35. The highest BCUT2D eigenvalue weighted by molar-refractivity contribution is 4.79. The minimum absolute atomic E-state index is 0.0316. The molecule has 0 heterocycles. The van der Waals surface area contributed by atoms with Gasteiger partial charge in [0, 0.05) is 6.04 Å². The fraction of sp³-hybridized carbons (Fsp3) is 1.00. The number of halogens is 2. The van der Waals surface area contributed by atoms with Gasteiger partial charge in [-0.1, -0.05) is 32.6 Å². The fourth-order valence-corrected chi connectivity index (χ4v) is 2.41. The van der Waals surface area contributed by atoms with Gasteiger partial charge in [0.15, 0.2) is 0 Å². The van der Waals surface area contributed by atoms with Crippen LogP contribution in [0.25, 0.3) is 0 Å². The van der Waals surface area contributed by atoms with Crippen molar-refractivity contribution in [3.63, 3.8) is 0 Å². The molecule has 1 saturated carbocycles. The normalized spacial score (nSPS) is 26.8. The van der Waals surface area contributed by atoms with Crippen LogP contribution in [0.1, 0.15) is 51.9 Å². The van der Waals surface area contributed by atoms with Crippen molar-refractivity contribution < 1.29 is 13.5 Å². The molecule has 2 unspecified atom stereocenters. The van der Waals surface area contributed by atoms with Gasteiger partial charge in [0.2, 0.25) is 0 Å². The lowest BCUT2D eigenvalue weighted by Gasteiger charge is -2.30. The third-order valence-corrected chi connectivity index (χ3v) is 3.30. The molecule has 0 saturated heterocycles. The van der Waals surface area contributed by atoms with E-state index in [9.17, 15) is 8.78 Å². The lowest BCUT2D eigenvalue weighted by Crippen LogP contribution is -2.43. The molecular formula is C13H25F2NO. The summed E-state index contributed by atoms with van der Waals surface area (Å²) in [6.45, 7) is 2.64. The molecule has 0 radical (unpaired) electrons. The smallest absolute Gasteiger partial charge is 0.261 e. The summed E-state index contributed by atoms with van der Waals surface area (Å²) in [5.41, 5.74) is 0. The first-order chi connectivity index (χ1) is 8.24. The highest BCUT2D eigenvalue weighted by Crippen LogP contribution is 2.20. The summed E-state index contributed by atoms with van der Waals surface area (Å²) < 4.78 is 29.8. The number of hydrogen-bond acceptors (Lipinski definition) is 2. The van der Waals surface area contributed by atoms with Crippen LogP contribution < -0.4 is 5.32 Å². The Morgan fingerprint density at radius 3 is 2.53 bits per heavy atom. The second-order valence-corrected chi connectivity index (χ2v) is 4.82. The monoisotopic (exact) mass is 249 g/mol. The molecule has 1 aliphatic carbocycles. The molecule has 0 aliphatic heterocycles. The lowest BCUT2D eigenvalue weighted by atomic mass is 9.94. The molecule has 1 fully saturated rings. The molecule has 0 spiro atoms. The van der Waals surface area contributed by atoms with E-state index in [0.717, 1.165) is 32.2 Å². The van der Waals surface area contributed by atoms with Crippen LogP contribution in [-0.2, 0) is 4.74 Å². The maximum absolute atomic E-state index is 12.2. The van der Waals surface area contributed by atoms with E-state index >= 15 is 0 Å². The van der Waals surface area contributed by atoms with E-state index in [-0.39, 0.29) is 12.1 Å². The third kappa shape index (κ3) is 6.32. The van der Waals surface area contributed by atoms with Gasteiger partial charge >= 0.3 is 0 Å². The molecule has 0 aromatic carbocycles. The topological polar surface area (TPSA) is 21.3 Å². The Hall–Kier alpha value is -0.220. The molecular weight excluding hydrogens is 224 g/mol. The first kappa shape index (κ1) is 14.8. The van der Waals surface area contributed by atoms with Crippen LogP contribution >= 0.6 is 0 Å². The van der Waals surface area contributed by atoms with E-state index in [4.69, 9.17) is 4.74 Å². The second kappa shape index (κ2) is 8.81. The van der Waals surface area contributed by atoms with E-state index in [1.54, 1.807) is 0 Å². The highest BCUT2D eigenvalue weighted by Gasteiger charge is 2.23. The van der Waals surface area contributed by atoms with Crippen LogP contribution in [-0.4, -0.2) is 31.7 Å². The lowest BCUT2D eigenvalue weighted by molar-refractivity contribution is -0.0446. The molecule has 1 aliphatic rings. The van der Waals surface area contributed by atoms with Crippen molar-refractivity contribution in [2.75, 3.05) is 13.2 Å². The predicted octanol–water partition coefficient (Wildman–Crippen LogP) is 3.36. The van der Waals surface area contributed by atoms with Crippen molar-refractivity contribution in [3.8, 4) is 0 Å². The van der Waals surface area contributed by atoms with Crippen molar-refractivity contribution in [2.45, 2.75) is 70.4 Å². The fourth-order valence-electron chi connectivity index (χ4n) is 2.41. The quantitative estimate of drug-likeness (QED) is 0.779. The Labute approximate surface area is 103 Å². The molecule has 1 N–H and O–H groups in total. The summed E-state index contributed by atoms with van der Waals surface area (Å²) in [6.07, 6.45) is 5.37. The summed E-state index contributed by atoms with van der Waals surface area (Å²) >= 11 is 0. The van der Waals surface area contributed by atoms with Crippen molar-refractivity contribution in [1.82, 2.24) is 5.32 Å². The van der Waals surface area contributed by atoms with Crippen molar-refractivity contribution in [3.05, 3.63) is 0 Å². The molecule has 0 bridgehead atoms. The van der Waals surface area contributed by atoms with Gasteiger partial charge in [-0.25, -0.2) is 8.78 Å². The number of alkyl halides is 2. The minimum Gasteiger partial charge on any atom is -0.371 e. The van der Waals surface area contributed by atoms with Gasteiger partial charge in [0.25, 0.3) is 6.43 Å². The average Bonchev–Trinajstić information content (AvgIpc) is 2.27. The molecule has 4 heteroatoms. The van der Waals surface area contributed by atoms with E-state index in [2.05, 4.69) is 12.2 Å². The number of hydrogen-bond donors (Lipinski definition) is 1. The molecule has 0 aromatic rings. The zero-order valence-corrected chi connectivity index (χ0v) is 10.8. The highest BCUT2D eigenvalue weighted by atomic mass is 19.3. The van der Waals surface area contributed by atoms with Crippen molar-refractivity contribution >= 4 is 0 Å². The van der Waals surface area contributed by atoms with Gasteiger partial charge in [-0.3, -0.25) is 0 Å². The van der Waals surface area contributed by atoms with Crippen LogP contribution in [0.5, 0.6) is 0 Å². The summed E-state index contributed by atoms with van der Waals surface area (Å²) in [4.78, 5) is 0. The average molecular weight is 249 g/mol. The summed E-state index contributed by atoms with van der Waals surface area (Å²) in [6, 6.07) is 0.258. The second-order valence-electron chi connectivity index (χ2n) is 4.82. The van der Waals surface area contributed by atoms with Crippen LogP contribution in [0.4, 0.5) is 8.78 Å². The Bertz CT molecular complexity index is 188. The number of ether oxygens (including phenoxy) is 1. The largest absolute Gasteiger partial charge is 0.371 e. The van der Waals surface area contributed by atoms with Gasteiger partial charge < -0.3 is 10.1 Å². The van der Waals surface area contributed by atoms with Crippen molar-refractivity contribution in [1.29, 1.82) is 0 Å². The zero-order chi connectivity index (χ0) is 12.5. The summed E-state index contributed by atoms with van der Waals surface area (Å²) in [7, 11) is 0. The Kier molecular flexibility index (Phi) is 7.69. The molecule has 2 nitrogen and oxygen atoms in total. The Balaban J connectivity index is 2.42. The Morgan fingerprint density at radius 1 is 1.18 bits per heavy atom. The number of nitrogens with one attached hydrogen (secondary N) is 1. The molecule has 1 rings (SSSR count). The van der Waals surface area contributed by atoms with E-state index in [1.807, 2.05) is 0 Å². The van der Waals surface area contributed by atoms with E-state index < -0.39 is 13.0 Å². The van der Waals surface area contributed by atoms with Gasteiger partial charge in [-0.2, -0.15) is 0 Å². The molecule has 2 atom stereocenters. The summed E-state index contributed by atoms with van der Waals surface area (Å²) in [5.74, 6) is 0. The van der Waals surface area contributed by atoms with E-state index in [0.29, 0.717) is 0 Å². The first-order valence-electron chi connectivity index (χ1n) is 6.87. The van der Waals surface area contributed by atoms with Crippen molar-refractivity contribution in [2.24, 2.45) is 0 Å². The maximum atomic E-state index is 12.2. The standard InChI is InChI=1S/C13H25F2NO/c1-2-9-16-11-7-5-3-4-6-8-12(11)17-10-13(14)15/h11-13,16H,2-10H2,1H3. The molecule has 0 amide bonds. The zero-order valence-electron chi connectivity index (χ0n) is 10.8. The van der Waals surface area contributed by atoms with Gasteiger partial charge in [0.05, 0.1) is 6.10 Å². The predicted molar refractivity (Wildman–Crippen MR) is 65.5 cm³/mol. The molecule has 0 aromatic heterocycles. The van der Waals surface area contributed by atoms with Gasteiger partial charge in [0.1, 0.15) is 6.61 Å². The van der Waals surface area contributed by atoms with Crippen LogP contribution in [0, 0.1) is 0 Å². The first-order valence-corrected chi connectivity index (χ1v) is 6.87. The van der Waals surface area contributed by atoms with E-state index in [1.165, 1.54) is 19.3 Å². The van der Waals surface area contributed by atoms with Crippen LogP contribution in [0.2, 0.25) is 0 Å². The SMILES string of the molecule is CCCNC1CCCCCCC1OCC(F)F. The van der Waals surface area contributed by atoms with Gasteiger partial charge in [-0.15, -0.1) is 0 Å².